The first-order valence-electron chi connectivity index (χ1n) is 13.9. The summed E-state index contributed by atoms with van der Waals surface area (Å²) in [6.45, 7) is 15.1. The summed E-state index contributed by atoms with van der Waals surface area (Å²) in [5.74, 6) is 2.73. The van der Waals surface area contributed by atoms with Gasteiger partial charge >= 0.3 is 0 Å². The number of benzene rings is 1. The molecule has 2 N–H and O–H groups in total. The van der Waals surface area contributed by atoms with Gasteiger partial charge in [0.05, 0.1) is 13.2 Å². The highest BCUT2D eigenvalue weighted by Crippen LogP contribution is 2.33. The van der Waals surface area contributed by atoms with E-state index in [1.807, 2.05) is 32.2 Å². The third-order valence-electron chi connectivity index (χ3n) is 6.05. The van der Waals surface area contributed by atoms with Crippen LogP contribution >= 0.6 is 11.3 Å². The number of thiazole rings is 1. The maximum Gasteiger partial charge on any atom is 0.182 e. The summed E-state index contributed by atoms with van der Waals surface area (Å²) in [6, 6.07) is 8.33. The fourth-order valence-corrected chi connectivity index (χ4v) is 4.96. The zero-order valence-corrected chi connectivity index (χ0v) is 25.2. The Morgan fingerprint density at radius 3 is 2.56 bits per heavy atom. The maximum absolute atomic E-state index is 6.12. The standard InChI is InChI=1S/C25H28N6O2S.C3H8.C2H6/c1-4-22-28-15(2)19(7-9-32-3)23(30-22)31-8-10-33-21-6-5-16(11-18(21)14-31)17-12-20-24(27-13-17)34-25(26)29-20;1-3-2;1-2/h5-6,11-13H,4,7-10,14H2,1-3H3,(H2,26,29);3H2,1-2H3;1-2H3. The Labute approximate surface area is 236 Å². The number of nitrogens with zero attached hydrogens (tertiary/aromatic N) is 5. The summed E-state index contributed by atoms with van der Waals surface area (Å²) < 4.78 is 11.5. The van der Waals surface area contributed by atoms with E-state index in [1.54, 1.807) is 7.11 Å². The molecule has 1 aliphatic heterocycles. The Morgan fingerprint density at radius 1 is 1.08 bits per heavy atom. The molecule has 0 saturated heterocycles. The monoisotopic (exact) mass is 550 g/mol. The normalized spacial score (nSPS) is 12.4. The molecule has 9 heteroatoms. The van der Waals surface area contributed by atoms with E-state index in [-0.39, 0.29) is 0 Å². The van der Waals surface area contributed by atoms with E-state index in [1.165, 1.54) is 17.8 Å². The van der Waals surface area contributed by atoms with Crippen molar-refractivity contribution in [1.29, 1.82) is 0 Å². The summed E-state index contributed by atoms with van der Waals surface area (Å²) in [7, 11) is 1.72. The van der Waals surface area contributed by atoms with Crippen molar-refractivity contribution in [2.45, 2.75) is 67.3 Å². The number of pyridine rings is 1. The van der Waals surface area contributed by atoms with Gasteiger partial charge in [-0.15, -0.1) is 0 Å². The lowest BCUT2D eigenvalue weighted by molar-refractivity contribution is 0.202. The molecular formula is C30H42N6O2S. The van der Waals surface area contributed by atoms with Crippen LogP contribution in [0.5, 0.6) is 5.75 Å². The number of aromatic nitrogens is 4. The highest BCUT2D eigenvalue weighted by Gasteiger charge is 2.22. The molecule has 0 radical (unpaired) electrons. The molecule has 8 nitrogen and oxygen atoms in total. The van der Waals surface area contributed by atoms with Crippen LogP contribution in [0.15, 0.2) is 30.5 Å². The van der Waals surface area contributed by atoms with Gasteiger partial charge < -0.3 is 20.1 Å². The number of nitrogen functional groups attached to an aromatic ring is 1. The number of aryl methyl sites for hydroxylation is 2. The van der Waals surface area contributed by atoms with Crippen molar-refractivity contribution in [3.63, 3.8) is 0 Å². The largest absolute Gasteiger partial charge is 0.491 e. The van der Waals surface area contributed by atoms with E-state index in [2.05, 4.69) is 54.7 Å². The fraction of sp³-hybridized carbons (Fsp3) is 0.467. The summed E-state index contributed by atoms with van der Waals surface area (Å²) in [4.78, 5) is 21.7. The molecule has 0 amide bonds. The van der Waals surface area contributed by atoms with Gasteiger partial charge in [-0.3, -0.25) is 0 Å². The van der Waals surface area contributed by atoms with Gasteiger partial charge in [-0.1, -0.05) is 58.4 Å². The molecular weight excluding hydrogens is 508 g/mol. The van der Waals surface area contributed by atoms with Crippen LogP contribution in [-0.4, -0.2) is 46.8 Å². The average molecular weight is 551 g/mol. The van der Waals surface area contributed by atoms with Gasteiger partial charge in [0.1, 0.15) is 34.3 Å². The Hall–Kier alpha value is -3.30. The van der Waals surface area contributed by atoms with Crippen LogP contribution in [0.1, 0.15) is 63.7 Å². The Kier molecular flexibility index (Phi) is 11.4. The van der Waals surface area contributed by atoms with Crippen molar-refractivity contribution in [3.8, 4) is 16.9 Å². The van der Waals surface area contributed by atoms with Gasteiger partial charge in [0.15, 0.2) is 5.13 Å². The summed E-state index contributed by atoms with van der Waals surface area (Å²) in [5, 5.41) is 0.529. The lowest BCUT2D eigenvalue weighted by Crippen LogP contribution is -2.28. The average Bonchev–Trinajstić information content (AvgIpc) is 3.19. The van der Waals surface area contributed by atoms with E-state index in [9.17, 15) is 0 Å². The first-order valence-corrected chi connectivity index (χ1v) is 14.7. The van der Waals surface area contributed by atoms with Gasteiger partial charge in [0.25, 0.3) is 0 Å². The second-order valence-corrected chi connectivity index (χ2v) is 10.0. The Balaban J connectivity index is 0.000000787. The molecule has 0 bridgehead atoms. The zero-order valence-electron chi connectivity index (χ0n) is 24.4. The second-order valence-electron chi connectivity index (χ2n) is 9.02. The molecule has 0 unspecified atom stereocenters. The van der Waals surface area contributed by atoms with E-state index in [0.717, 1.165) is 75.1 Å². The number of ether oxygens (including phenoxy) is 2. The third kappa shape index (κ3) is 7.42. The van der Waals surface area contributed by atoms with Gasteiger partial charge in [0.2, 0.25) is 0 Å². The van der Waals surface area contributed by atoms with Crippen LogP contribution < -0.4 is 15.4 Å². The van der Waals surface area contributed by atoms with Crippen LogP contribution in [0.2, 0.25) is 0 Å². The molecule has 1 aromatic carbocycles. The van der Waals surface area contributed by atoms with Crippen molar-refractivity contribution in [2.75, 3.05) is 37.5 Å². The van der Waals surface area contributed by atoms with Crippen LogP contribution in [0.25, 0.3) is 21.5 Å². The van der Waals surface area contributed by atoms with Crippen LogP contribution in [-0.2, 0) is 24.1 Å². The molecule has 0 aliphatic carbocycles. The molecule has 1 aliphatic rings. The zero-order chi connectivity index (χ0) is 28.4. The van der Waals surface area contributed by atoms with Crippen molar-refractivity contribution < 1.29 is 9.47 Å². The molecule has 4 aromatic rings. The number of fused-ring (bicyclic) bond motifs is 2. The number of rotatable bonds is 6. The molecule has 0 spiro atoms. The lowest BCUT2D eigenvalue weighted by atomic mass is 10.0. The predicted octanol–water partition coefficient (Wildman–Crippen LogP) is 6.63. The SMILES string of the molecule is CC.CCC.CCc1nc(C)c(CCOC)c(N2CCOc3ccc(-c4cnc5sc(N)nc5c4)cc3C2)n1. The maximum atomic E-state index is 6.12. The first-order chi connectivity index (χ1) is 19.0. The quantitative estimate of drug-likeness (QED) is 0.285. The van der Waals surface area contributed by atoms with Gasteiger partial charge in [-0.25, -0.2) is 19.9 Å². The molecule has 0 saturated carbocycles. The lowest BCUT2D eigenvalue weighted by Gasteiger charge is -2.25. The van der Waals surface area contributed by atoms with Gasteiger partial charge in [-0.2, -0.15) is 0 Å². The first kappa shape index (κ1) is 30.2. The Morgan fingerprint density at radius 2 is 1.85 bits per heavy atom. The van der Waals surface area contributed by atoms with E-state index in [0.29, 0.717) is 24.9 Å². The number of methoxy groups -OCH3 is 1. The second kappa shape index (κ2) is 14.7. The van der Waals surface area contributed by atoms with E-state index < -0.39 is 0 Å². The predicted molar refractivity (Wildman–Crippen MR) is 163 cm³/mol. The summed E-state index contributed by atoms with van der Waals surface area (Å²) in [6.07, 6.45) is 4.69. The third-order valence-corrected chi connectivity index (χ3v) is 6.86. The minimum absolute atomic E-state index is 0.529. The number of hydrogen-bond donors (Lipinski definition) is 1. The van der Waals surface area contributed by atoms with E-state index in [4.69, 9.17) is 25.2 Å². The molecule has 210 valence electrons. The summed E-state index contributed by atoms with van der Waals surface area (Å²) in [5.41, 5.74) is 12.0. The molecule has 0 fully saturated rings. The highest BCUT2D eigenvalue weighted by molar-refractivity contribution is 7.21. The number of hydrogen-bond acceptors (Lipinski definition) is 9. The van der Waals surface area contributed by atoms with Crippen LogP contribution in [0.3, 0.4) is 0 Å². The van der Waals surface area contributed by atoms with Gasteiger partial charge in [0, 0.05) is 55.1 Å². The molecule has 4 heterocycles. The number of anilines is 2. The molecule has 3 aromatic heterocycles. The molecule has 5 rings (SSSR count). The summed E-state index contributed by atoms with van der Waals surface area (Å²) >= 11 is 1.40. The van der Waals surface area contributed by atoms with Gasteiger partial charge in [-0.05, 0) is 30.7 Å². The van der Waals surface area contributed by atoms with Crippen LogP contribution in [0, 0.1) is 6.92 Å². The minimum atomic E-state index is 0.529. The minimum Gasteiger partial charge on any atom is -0.491 e. The Bertz CT molecular complexity index is 1360. The molecule has 39 heavy (non-hydrogen) atoms. The highest BCUT2D eigenvalue weighted by atomic mass is 32.1. The van der Waals surface area contributed by atoms with Crippen molar-refractivity contribution in [1.82, 2.24) is 19.9 Å². The van der Waals surface area contributed by atoms with Crippen LogP contribution in [0.4, 0.5) is 10.9 Å². The van der Waals surface area contributed by atoms with E-state index >= 15 is 0 Å². The fourth-order valence-electron chi connectivity index (χ4n) is 4.31. The number of nitrogens with two attached hydrogens (primary N) is 1. The topological polar surface area (TPSA) is 99.3 Å². The van der Waals surface area contributed by atoms with Crippen molar-refractivity contribution in [2.24, 2.45) is 0 Å². The van der Waals surface area contributed by atoms with Crippen molar-refractivity contribution in [3.05, 3.63) is 53.1 Å². The van der Waals surface area contributed by atoms with Crippen molar-refractivity contribution >= 4 is 32.6 Å². The molecule has 0 atom stereocenters. The smallest absolute Gasteiger partial charge is 0.182 e.